The molecule has 39 heavy (non-hydrogen) atoms. The summed E-state index contributed by atoms with van der Waals surface area (Å²) in [5.41, 5.74) is 3.34. The van der Waals surface area contributed by atoms with Crippen molar-refractivity contribution in [2.45, 2.75) is 20.4 Å². The second-order valence-electron chi connectivity index (χ2n) is 8.89. The molecule has 4 rings (SSSR count). The molecule has 3 aromatic carbocycles. The summed E-state index contributed by atoms with van der Waals surface area (Å²) in [5.74, 6) is 0.302. The van der Waals surface area contributed by atoms with Crippen molar-refractivity contribution >= 4 is 23.9 Å². The normalized spacial score (nSPS) is 14.3. The van der Waals surface area contributed by atoms with E-state index in [0.717, 1.165) is 21.8 Å². The number of hydrogen-bond acceptors (Lipinski definition) is 7. The fraction of sp³-hybridized carbons (Fsp3) is 0.233. The monoisotopic (exact) mass is 530 g/mol. The molecule has 0 aliphatic carbocycles. The highest BCUT2D eigenvalue weighted by Crippen LogP contribution is 2.39. The molecule has 0 unspecified atom stereocenters. The number of nitrogens with one attached hydrogen (secondary N) is 1. The Morgan fingerprint density at radius 3 is 2.13 bits per heavy atom. The van der Waals surface area contributed by atoms with Crippen molar-refractivity contribution in [1.29, 1.82) is 0 Å². The van der Waals surface area contributed by atoms with E-state index in [2.05, 4.69) is 5.32 Å². The maximum absolute atomic E-state index is 13.1. The van der Waals surface area contributed by atoms with Crippen LogP contribution in [0, 0.1) is 13.8 Å². The summed E-state index contributed by atoms with van der Waals surface area (Å²) in [6.45, 7) is 4.60. The van der Waals surface area contributed by atoms with Gasteiger partial charge in [0.15, 0.2) is 11.5 Å². The van der Waals surface area contributed by atoms with Crippen molar-refractivity contribution in [3.05, 3.63) is 88.5 Å². The summed E-state index contributed by atoms with van der Waals surface area (Å²) < 4.78 is 22.7. The molecule has 202 valence electrons. The number of nitrogens with zero attached hydrogens (tertiary/aromatic N) is 1. The molecule has 1 aliphatic rings. The van der Waals surface area contributed by atoms with Crippen LogP contribution in [0.15, 0.2) is 66.2 Å². The molecule has 0 spiro atoms. The smallest absolute Gasteiger partial charge is 0.331 e. The number of urea groups is 1. The molecule has 9 heteroatoms. The van der Waals surface area contributed by atoms with Crippen LogP contribution in [-0.2, 0) is 16.1 Å². The number of methoxy groups -OCH3 is 2. The van der Waals surface area contributed by atoms with Gasteiger partial charge in [-0.15, -0.1) is 0 Å². The lowest BCUT2D eigenvalue weighted by Crippen LogP contribution is -2.53. The quantitative estimate of drug-likeness (QED) is 0.235. The number of imide groups is 2. The standard InChI is InChI=1S/C30H30N2O7/c1-19-10-11-23(14-20(19)2)38-12-13-39-27-25(36-3)16-22(17-26(27)37-4)15-24-28(33)31-30(35)32(29(24)34)18-21-8-6-5-7-9-21/h5-11,14-17H,12-13,18H2,1-4H3,(H,31,33,35). The zero-order valence-corrected chi connectivity index (χ0v) is 22.3. The lowest BCUT2D eigenvalue weighted by atomic mass is 10.1. The number of amides is 4. The highest BCUT2D eigenvalue weighted by molar-refractivity contribution is 6.31. The van der Waals surface area contributed by atoms with Crippen molar-refractivity contribution in [2.75, 3.05) is 27.4 Å². The summed E-state index contributed by atoms with van der Waals surface area (Å²) in [6.07, 6.45) is 1.39. The van der Waals surface area contributed by atoms with Crippen LogP contribution < -0.4 is 24.3 Å². The van der Waals surface area contributed by atoms with Crippen LogP contribution in [0.25, 0.3) is 6.08 Å². The molecule has 1 saturated heterocycles. The number of ether oxygens (including phenoxy) is 4. The molecule has 0 radical (unpaired) electrons. The van der Waals surface area contributed by atoms with E-state index in [0.29, 0.717) is 29.4 Å². The van der Waals surface area contributed by atoms with E-state index in [1.165, 1.54) is 25.9 Å². The van der Waals surface area contributed by atoms with Crippen LogP contribution >= 0.6 is 0 Å². The van der Waals surface area contributed by atoms with Gasteiger partial charge in [-0.1, -0.05) is 36.4 Å². The first-order valence-electron chi connectivity index (χ1n) is 12.3. The minimum absolute atomic E-state index is 0.0276. The van der Waals surface area contributed by atoms with Crippen LogP contribution in [-0.4, -0.2) is 50.2 Å². The van der Waals surface area contributed by atoms with Crippen LogP contribution in [0.3, 0.4) is 0 Å². The minimum atomic E-state index is -0.781. The Balaban J connectivity index is 1.52. The lowest BCUT2D eigenvalue weighted by molar-refractivity contribution is -0.130. The summed E-state index contributed by atoms with van der Waals surface area (Å²) >= 11 is 0. The number of carbonyl (C=O) groups excluding carboxylic acids is 3. The van der Waals surface area contributed by atoms with E-state index in [9.17, 15) is 14.4 Å². The molecule has 3 aromatic rings. The second-order valence-corrected chi connectivity index (χ2v) is 8.89. The molecule has 1 heterocycles. The molecule has 1 aliphatic heterocycles. The third kappa shape index (κ3) is 6.38. The molecular formula is C30H30N2O7. The average molecular weight is 531 g/mol. The predicted octanol–water partition coefficient (Wildman–Crippen LogP) is 4.44. The van der Waals surface area contributed by atoms with Gasteiger partial charge in [0.05, 0.1) is 20.8 Å². The Morgan fingerprint density at radius 2 is 1.49 bits per heavy atom. The van der Waals surface area contributed by atoms with Crippen molar-refractivity contribution in [2.24, 2.45) is 0 Å². The zero-order valence-electron chi connectivity index (χ0n) is 22.3. The van der Waals surface area contributed by atoms with Crippen LogP contribution in [0.2, 0.25) is 0 Å². The zero-order chi connectivity index (χ0) is 27.9. The summed E-state index contributed by atoms with van der Waals surface area (Å²) in [6, 6.07) is 17.4. The summed E-state index contributed by atoms with van der Waals surface area (Å²) in [7, 11) is 2.95. The maximum atomic E-state index is 13.1. The summed E-state index contributed by atoms with van der Waals surface area (Å²) in [4.78, 5) is 39.1. The molecule has 0 aromatic heterocycles. The Hall–Kier alpha value is -4.79. The van der Waals surface area contributed by atoms with Gasteiger partial charge in [-0.05, 0) is 66.4 Å². The molecule has 1 fully saturated rings. The van der Waals surface area contributed by atoms with Gasteiger partial charge < -0.3 is 18.9 Å². The van der Waals surface area contributed by atoms with E-state index in [1.54, 1.807) is 36.4 Å². The molecule has 4 amide bonds. The first-order chi connectivity index (χ1) is 18.8. The van der Waals surface area contributed by atoms with Gasteiger partial charge in [0.25, 0.3) is 11.8 Å². The van der Waals surface area contributed by atoms with Crippen LogP contribution in [0.5, 0.6) is 23.0 Å². The Kier molecular flexibility index (Phi) is 8.50. The first kappa shape index (κ1) is 27.3. The highest BCUT2D eigenvalue weighted by atomic mass is 16.6. The summed E-state index contributed by atoms with van der Waals surface area (Å²) in [5, 5.41) is 2.23. The number of rotatable bonds is 10. The number of carbonyl (C=O) groups is 3. The van der Waals surface area contributed by atoms with Gasteiger partial charge in [0, 0.05) is 0 Å². The van der Waals surface area contributed by atoms with Gasteiger partial charge in [0.1, 0.15) is 24.5 Å². The second kappa shape index (κ2) is 12.2. The fourth-order valence-electron chi connectivity index (χ4n) is 4.00. The Morgan fingerprint density at radius 1 is 0.821 bits per heavy atom. The van der Waals surface area contributed by atoms with E-state index in [1.807, 2.05) is 38.1 Å². The number of benzene rings is 3. The predicted molar refractivity (Wildman–Crippen MR) is 145 cm³/mol. The largest absolute Gasteiger partial charge is 0.493 e. The van der Waals surface area contributed by atoms with Crippen molar-refractivity contribution < 1.29 is 33.3 Å². The van der Waals surface area contributed by atoms with E-state index in [4.69, 9.17) is 18.9 Å². The third-order valence-corrected chi connectivity index (χ3v) is 6.24. The fourth-order valence-corrected chi connectivity index (χ4v) is 4.00. The molecular weight excluding hydrogens is 500 g/mol. The lowest BCUT2D eigenvalue weighted by Gasteiger charge is -2.26. The Bertz CT molecular complexity index is 1390. The molecule has 0 atom stereocenters. The average Bonchev–Trinajstić information content (AvgIpc) is 2.93. The maximum Gasteiger partial charge on any atom is 0.331 e. The van der Waals surface area contributed by atoms with Crippen molar-refractivity contribution in [3.8, 4) is 23.0 Å². The van der Waals surface area contributed by atoms with Gasteiger partial charge >= 0.3 is 6.03 Å². The van der Waals surface area contributed by atoms with Crippen LogP contribution in [0.4, 0.5) is 4.79 Å². The van der Waals surface area contributed by atoms with Crippen molar-refractivity contribution in [3.63, 3.8) is 0 Å². The molecule has 0 saturated carbocycles. The van der Waals surface area contributed by atoms with Gasteiger partial charge in [0.2, 0.25) is 5.75 Å². The topological polar surface area (TPSA) is 103 Å². The minimum Gasteiger partial charge on any atom is -0.493 e. The number of hydrogen-bond donors (Lipinski definition) is 1. The molecule has 0 bridgehead atoms. The van der Waals surface area contributed by atoms with E-state index >= 15 is 0 Å². The molecule has 9 nitrogen and oxygen atoms in total. The number of aryl methyl sites for hydroxylation is 2. The van der Waals surface area contributed by atoms with Gasteiger partial charge in [-0.25, -0.2) is 4.79 Å². The van der Waals surface area contributed by atoms with Crippen LogP contribution in [0.1, 0.15) is 22.3 Å². The Labute approximate surface area is 226 Å². The molecule has 1 N–H and O–H groups in total. The SMILES string of the molecule is COc1cc(C=C2C(=O)NC(=O)N(Cc3ccccc3)C2=O)cc(OC)c1OCCOc1ccc(C)c(C)c1. The number of barbiturate groups is 1. The van der Waals surface area contributed by atoms with Gasteiger partial charge in [-0.2, -0.15) is 0 Å². The van der Waals surface area contributed by atoms with E-state index in [-0.39, 0.29) is 18.7 Å². The third-order valence-electron chi connectivity index (χ3n) is 6.24. The van der Waals surface area contributed by atoms with E-state index < -0.39 is 17.8 Å². The van der Waals surface area contributed by atoms with Gasteiger partial charge in [-0.3, -0.25) is 19.8 Å². The highest BCUT2D eigenvalue weighted by Gasteiger charge is 2.35. The van der Waals surface area contributed by atoms with Crippen molar-refractivity contribution in [1.82, 2.24) is 10.2 Å². The first-order valence-corrected chi connectivity index (χ1v) is 12.3.